The summed E-state index contributed by atoms with van der Waals surface area (Å²) in [6.07, 6.45) is 4.37. The van der Waals surface area contributed by atoms with Gasteiger partial charge in [0, 0.05) is 11.8 Å². The minimum atomic E-state index is 0.770. The number of rotatable bonds is 0. The minimum Gasteiger partial charge on any atom is -0.266 e. The summed E-state index contributed by atoms with van der Waals surface area (Å²) in [5.41, 5.74) is 1.32. The predicted molar refractivity (Wildman–Crippen MR) is 31.9 cm³/mol. The van der Waals surface area contributed by atoms with E-state index in [4.69, 9.17) is 0 Å². The standard InChI is InChI=1S/C7H7N2/c1-2-8-9-6(1)3-5-4-7(5)9/h2,5,7H,3-4H2. The molecule has 0 amide bonds. The maximum Gasteiger partial charge on any atom is 0.0572 e. The van der Waals surface area contributed by atoms with Crippen LogP contribution in [-0.4, -0.2) is 9.78 Å². The van der Waals surface area contributed by atoms with Gasteiger partial charge in [0.05, 0.1) is 12.2 Å². The van der Waals surface area contributed by atoms with Crippen molar-refractivity contribution in [1.29, 1.82) is 0 Å². The summed E-state index contributed by atoms with van der Waals surface area (Å²) in [4.78, 5) is 0. The number of fused-ring (bicyclic) bond motifs is 3. The van der Waals surface area contributed by atoms with E-state index >= 15 is 0 Å². The van der Waals surface area contributed by atoms with Crippen LogP contribution in [-0.2, 0) is 6.42 Å². The normalized spacial score (nSPS) is 36.0. The van der Waals surface area contributed by atoms with E-state index in [0.29, 0.717) is 0 Å². The van der Waals surface area contributed by atoms with Crippen molar-refractivity contribution < 1.29 is 0 Å². The molecule has 0 saturated heterocycles. The van der Waals surface area contributed by atoms with Gasteiger partial charge >= 0.3 is 0 Å². The van der Waals surface area contributed by atoms with Crippen molar-refractivity contribution in [3.63, 3.8) is 0 Å². The second-order valence-electron chi connectivity index (χ2n) is 2.95. The molecule has 1 aromatic heterocycles. The maximum atomic E-state index is 4.18. The Morgan fingerprint density at radius 3 is 3.67 bits per heavy atom. The highest BCUT2D eigenvalue weighted by Crippen LogP contribution is 2.50. The zero-order chi connectivity index (χ0) is 5.84. The van der Waals surface area contributed by atoms with E-state index in [9.17, 15) is 0 Å². The van der Waals surface area contributed by atoms with E-state index < -0.39 is 0 Å². The van der Waals surface area contributed by atoms with Crippen molar-refractivity contribution in [2.45, 2.75) is 18.9 Å². The predicted octanol–water partition coefficient (Wildman–Crippen LogP) is 0.800. The molecular weight excluding hydrogens is 112 g/mol. The summed E-state index contributed by atoms with van der Waals surface area (Å²) in [6, 6.07) is 3.90. The van der Waals surface area contributed by atoms with Crippen LogP contribution in [0.5, 0.6) is 0 Å². The van der Waals surface area contributed by atoms with E-state index in [1.54, 1.807) is 6.20 Å². The molecular formula is C7H7N2. The number of nitrogens with zero attached hydrogens (tertiary/aromatic N) is 2. The Bertz CT molecular complexity index is 251. The zero-order valence-corrected chi connectivity index (χ0v) is 5.04. The van der Waals surface area contributed by atoms with Crippen LogP contribution in [0, 0.1) is 12.0 Å². The van der Waals surface area contributed by atoms with Gasteiger partial charge in [-0.1, -0.05) is 0 Å². The Hall–Kier alpha value is -0.790. The third kappa shape index (κ3) is 0.363. The van der Waals surface area contributed by atoms with Gasteiger partial charge in [-0.15, -0.1) is 0 Å². The summed E-state index contributed by atoms with van der Waals surface area (Å²) >= 11 is 0. The van der Waals surface area contributed by atoms with Gasteiger partial charge in [0.15, 0.2) is 0 Å². The first-order valence-electron chi connectivity index (χ1n) is 3.39. The minimum absolute atomic E-state index is 0.770. The molecule has 0 aromatic carbocycles. The molecule has 2 heteroatoms. The fourth-order valence-electron chi connectivity index (χ4n) is 1.74. The molecule has 1 saturated carbocycles. The molecule has 2 nitrogen and oxygen atoms in total. The van der Waals surface area contributed by atoms with Gasteiger partial charge in [-0.3, -0.25) is 4.68 Å². The third-order valence-electron chi connectivity index (χ3n) is 2.34. The van der Waals surface area contributed by atoms with Crippen molar-refractivity contribution in [2.75, 3.05) is 0 Å². The van der Waals surface area contributed by atoms with Gasteiger partial charge in [0.2, 0.25) is 0 Å². The average Bonchev–Trinajstić information content (AvgIpc) is 2.38. The van der Waals surface area contributed by atoms with Gasteiger partial charge < -0.3 is 0 Å². The summed E-state index contributed by atoms with van der Waals surface area (Å²) in [5, 5.41) is 4.18. The topological polar surface area (TPSA) is 17.8 Å². The first-order chi connectivity index (χ1) is 4.45. The maximum absolute atomic E-state index is 4.18. The Balaban J connectivity index is 2.25. The van der Waals surface area contributed by atoms with Crippen LogP contribution in [0.15, 0.2) is 6.20 Å². The molecule has 0 bridgehead atoms. The molecule has 1 aromatic rings. The van der Waals surface area contributed by atoms with Crippen LogP contribution in [0.2, 0.25) is 0 Å². The Labute approximate surface area is 53.5 Å². The zero-order valence-electron chi connectivity index (χ0n) is 5.04. The quantitative estimate of drug-likeness (QED) is 0.494. The molecule has 0 N–H and O–H groups in total. The fraction of sp³-hybridized carbons (Fsp3) is 0.571. The molecule has 45 valence electrons. The van der Waals surface area contributed by atoms with Crippen LogP contribution >= 0.6 is 0 Å². The van der Waals surface area contributed by atoms with Crippen molar-refractivity contribution in [3.8, 4) is 0 Å². The monoisotopic (exact) mass is 119 g/mol. The lowest BCUT2D eigenvalue weighted by molar-refractivity contribution is 0.645. The second kappa shape index (κ2) is 1.06. The van der Waals surface area contributed by atoms with E-state index in [0.717, 1.165) is 12.0 Å². The Morgan fingerprint density at radius 1 is 1.78 bits per heavy atom. The average molecular weight is 119 g/mol. The van der Waals surface area contributed by atoms with E-state index in [-0.39, 0.29) is 0 Å². The second-order valence-corrected chi connectivity index (χ2v) is 2.95. The van der Waals surface area contributed by atoms with Crippen LogP contribution in [0.4, 0.5) is 0 Å². The summed E-state index contributed by atoms with van der Waals surface area (Å²) in [7, 11) is 0. The largest absolute Gasteiger partial charge is 0.266 e. The van der Waals surface area contributed by atoms with Crippen molar-refractivity contribution >= 4 is 0 Å². The lowest BCUT2D eigenvalue weighted by Crippen LogP contribution is -1.94. The molecule has 1 fully saturated rings. The SMILES string of the molecule is [c]1cnn2c1CC1CC12. The van der Waals surface area contributed by atoms with Crippen molar-refractivity contribution in [1.82, 2.24) is 9.78 Å². The molecule has 2 heterocycles. The smallest absolute Gasteiger partial charge is 0.0572 e. The number of hydrogen-bond donors (Lipinski definition) is 0. The van der Waals surface area contributed by atoms with Gasteiger partial charge in [0.25, 0.3) is 0 Å². The Morgan fingerprint density at radius 2 is 2.78 bits per heavy atom. The molecule has 2 aliphatic rings. The van der Waals surface area contributed by atoms with Crippen LogP contribution in [0.3, 0.4) is 0 Å². The lowest BCUT2D eigenvalue weighted by Gasteiger charge is -1.94. The molecule has 9 heavy (non-hydrogen) atoms. The summed E-state index contributed by atoms with van der Waals surface area (Å²) in [5.74, 6) is 0.935. The molecule has 1 aliphatic heterocycles. The lowest BCUT2D eigenvalue weighted by atomic mass is 10.2. The number of aromatic nitrogens is 2. The molecule has 2 atom stereocenters. The van der Waals surface area contributed by atoms with E-state index in [1.807, 2.05) is 0 Å². The van der Waals surface area contributed by atoms with Gasteiger partial charge in [-0.05, 0) is 18.8 Å². The van der Waals surface area contributed by atoms with Gasteiger partial charge in [-0.25, -0.2) is 0 Å². The van der Waals surface area contributed by atoms with Crippen LogP contribution < -0.4 is 0 Å². The highest BCUT2D eigenvalue weighted by atomic mass is 15.3. The molecule has 2 unspecified atom stereocenters. The van der Waals surface area contributed by atoms with Crippen molar-refractivity contribution in [3.05, 3.63) is 18.0 Å². The van der Waals surface area contributed by atoms with Gasteiger partial charge in [-0.2, -0.15) is 5.10 Å². The van der Waals surface area contributed by atoms with E-state index in [1.165, 1.54) is 18.5 Å². The van der Waals surface area contributed by atoms with E-state index in [2.05, 4.69) is 15.8 Å². The summed E-state index contributed by atoms with van der Waals surface area (Å²) in [6.45, 7) is 0. The molecule has 0 spiro atoms. The number of hydrogen-bond acceptors (Lipinski definition) is 1. The molecule has 1 aliphatic carbocycles. The Kier molecular flexibility index (Phi) is 0.481. The summed E-state index contributed by atoms with van der Waals surface area (Å²) < 4.78 is 2.13. The fourth-order valence-corrected chi connectivity index (χ4v) is 1.74. The highest BCUT2D eigenvalue weighted by Gasteiger charge is 2.45. The van der Waals surface area contributed by atoms with Crippen molar-refractivity contribution in [2.24, 2.45) is 5.92 Å². The molecule has 1 radical (unpaired) electrons. The van der Waals surface area contributed by atoms with Crippen LogP contribution in [0.1, 0.15) is 18.2 Å². The van der Waals surface area contributed by atoms with Crippen LogP contribution in [0.25, 0.3) is 0 Å². The first-order valence-corrected chi connectivity index (χ1v) is 3.39. The van der Waals surface area contributed by atoms with Gasteiger partial charge in [0.1, 0.15) is 0 Å². The highest BCUT2D eigenvalue weighted by molar-refractivity contribution is 5.14. The molecule has 3 rings (SSSR count). The third-order valence-corrected chi connectivity index (χ3v) is 2.34. The first kappa shape index (κ1) is 4.09.